The molecule has 0 aliphatic heterocycles. The molecule has 1 aromatic heterocycles. The molecule has 1 aliphatic rings. The van der Waals surface area contributed by atoms with Crippen LogP contribution in [-0.4, -0.2) is 34.2 Å². The smallest absolute Gasteiger partial charge is 0.356 e. The maximum absolute atomic E-state index is 12.0. The highest BCUT2D eigenvalue weighted by Gasteiger charge is 2.27. The largest absolute Gasteiger partial charge is 0.461 e. The topological polar surface area (TPSA) is 70.4 Å². The summed E-state index contributed by atoms with van der Waals surface area (Å²) in [6.45, 7) is 5.23. The van der Waals surface area contributed by atoms with Crippen molar-refractivity contribution in [3.05, 3.63) is 29.9 Å². The van der Waals surface area contributed by atoms with E-state index in [2.05, 4.69) is 4.98 Å². The molecule has 1 heterocycles. The van der Waals surface area contributed by atoms with E-state index in [1.807, 2.05) is 12.2 Å². The molecule has 0 fully saturated rings. The summed E-state index contributed by atoms with van der Waals surface area (Å²) < 4.78 is 12.0. The number of ether oxygens (including phenoxy) is 2. The zero-order valence-corrected chi connectivity index (χ0v) is 11.8. The second kappa shape index (κ2) is 5.90. The van der Waals surface area contributed by atoms with Gasteiger partial charge < -0.3 is 14.0 Å². The lowest BCUT2D eigenvalue weighted by molar-refractivity contribution is -0.144. The first-order chi connectivity index (χ1) is 9.52. The van der Waals surface area contributed by atoms with E-state index in [1.54, 1.807) is 24.7 Å². The van der Waals surface area contributed by atoms with Gasteiger partial charge in [-0.3, -0.25) is 4.79 Å². The highest BCUT2D eigenvalue weighted by Crippen LogP contribution is 2.27. The monoisotopic (exact) mass is 278 g/mol. The molecular formula is C14H18N2O4. The third kappa shape index (κ3) is 2.89. The number of hydrogen-bond donors (Lipinski definition) is 0. The Labute approximate surface area is 117 Å². The Morgan fingerprint density at radius 3 is 2.85 bits per heavy atom. The minimum Gasteiger partial charge on any atom is -0.461 e. The van der Waals surface area contributed by atoms with Crippen molar-refractivity contribution in [3.8, 4) is 0 Å². The molecule has 6 nitrogen and oxygen atoms in total. The average molecular weight is 278 g/mol. The van der Waals surface area contributed by atoms with Crippen LogP contribution in [0.15, 0.2) is 18.5 Å². The summed E-state index contributed by atoms with van der Waals surface area (Å²) in [6, 6.07) is -0.0556. The number of nitrogens with zero attached hydrogens (tertiary/aromatic N) is 2. The maximum Gasteiger partial charge on any atom is 0.356 e. The molecule has 0 bridgehead atoms. The predicted octanol–water partition coefficient (Wildman–Crippen LogP) is 1.80. The van der Waals surface area contributed by atoms with Gasteiger partial charge in [0.2, 0.25) is 0 Å². The molecule has 0 saturated heterocycles. The molecule has 6 heteroatoms. The van der Waals surface area contributed by atoms with Crippen LogP contribution < -0.4 is 0 Å². The third-order valence-electron chi connectivity index (χ3n) is 3.14. The molecule has 0 saturated carbocycles. The van der Waals surface area contributed by atoms with Gasteiger partial charge in [-0.1, -0.05) is 6.08 Å². The van der Waals surface area contributed by atoms with Crippen LogP contribution in [0.2, 0.25) is 0 Å². The van der Waals surface area contributed by atoms with Gasteiger partial charge in [-0.2, -0.15) is 0 Å². The quantitative estimate of drug-likeness (QED) is 0.620. The molecule has 108 valence electrons. The Morgan fingerprint density at radius 1 is 1.45 bits per heavy atom. The van der Waals surface area contributed by atoms with Crippen molar-refractivity contribution in [2.75, 3.05) is 6.61 Å². The van der Waals surface area contributed by atoms with E-state index in [9.17, 15) is 9.59 Å². The fourth-order valence-corrected chi connectivity index (χ4v) is 2.31. The number of imidazole rings is 1. The zero-order chi connectivity index (χ0) is 14.7. The Hall–Kier alpha value is -2.11. The van der Waals surface area contributed by atoms with Gasteiger partial charge in [0.15, 0.2) is 5.69 Å². The minimum absolute atomic E-state index is 0.0556. The predicted molar refractivity (Wildman–Crippen MR) is 71.3 cm³/mol. The minimum atomic E-state index is -0.383. The highest BCUT2D eigenvalue weighted by molar-refractivity contribution is 5.88. The van der Waals surface area contributed by atoms with Crippen LogP contribution in [0.4, 0.5) is 0 Å². The van der Waals surface area contributed by atoms with E-state index in [-0.39, 0.29) is 24.1 Å². The van der Waals surface area contributed by atoms with Gasteiger partial charge in [0.1, 0.15) is 6.10 Å². The summed E-state index contributed by atoms with van der Waals surface area (Å²) in [5.74, 6) is -0.695. The molecule has 20 heavy (non-hydrogen) atoms. The first-order valence-electron chi connectivity index (χ1n) is 6.59. The molecule has 0 N–H and O–H groups in total. The van der Waals surface area contributed by atoms with E-state index in [1.165, 1.54) is 6.92 Å². The van der Waals surface area contributed by atoms with Crippen LogP contribution in [0.25, 0.3) is 0 Å². The Kier molecular flexibility index (Phi) is 4.22. The Balaban J connectivity index is 2.17. The number of esters is 2. The van der Waals surface area contributed by atoms with Crippen molar-refractivity contribution >= 4 is 11.9 Å². The summed E-state index contributed by atoms with van der Waals surface area (Å²) in [5, 5.41) is 0. The number of aryl methyl sites for hydroxylation is 1. The first-order valence-corrected chi connectivity index (χ1v) is 6.59. The lowest BCUT2D eigenvalue weighted by Crippen LogP contribution is -2.18. The van der Waals surface area contributed by atoms with Crippen molar-refractivity contribution in [2.45, 2.75) is 39.3 Å². The second-order valence-corrected chi connectivity index (χ2v) is 4.64. The van der Waals surface area contributed by atoms with Crippen LogP contribution in [0, 0.1) is 6.92 Å². The van der Waals surface area contributed by atoms with Crippen LogP contribution in [-0.2, 0) is 14.3 Å². The molecule has 1 aromatic rings. The SMILES string of the molecule is CCOC(=O)c1c(C)ncn1[C@@H]1C=C[C@@H](OC(C)=O)C1. The number of allylic oxidation sites excluding steroid dienone is 1. The van der Waals surface area contributed by atoms with Crippen LogP contribution in [0.1, 0.15) is 42.5 Å². The molecule has 0 spiro atoms. The fraction of sp³-hybridized carbons (Fsp3) is 0.500. The molecule has 0 aromatic carbocycles. The number of hydrogen-bond acceptors (Lipinski definition) is 5. The summed E-state index contributed by atoms with van der Waals surface area (Å²) in [7, 11) is 0. The molecule has 0 unspecified atom stereocenters. The summed E-state index contributed by atoms with van der Waals surface area (Å²) in [4.78, 5) is 27.1. The summed E-state index contributed by atoms with van der Waals surface area (Å²) >= 11 is 0. The van der Waals surface area contributed by atoms with Gasteiger partial charge in [0.05, 0.1) is 24.7 Å². The van der Waals surface area contributed by atoms with E-state index in [4.69, 9.17) is 9.47 Å². The van der Waals surface area contributed by atoms with E-state index in [0.29, 0.717) is 24.4 Å². The van der Waals surface area contributed by atoms with Gasteiger partial charge >= 0.3 is 11.9 Å². The number of carbonyl (C=O) groups is 2. The second-order valence-electron chi connectivity index (χ2n) is 4.64. The molecule has 0 radical (unpaired) electrons. The lowest BCUT2D eigenvalue weighted by Gasteiger charge is -2.16. The normalized spacial score (nSPS) is 20.9. The molecule has 2 atom stereocenters. The van der Waals surface area contributed by atoms with Crippen molar-refractivity contribution in [1.82, 2.24) is 9.55 Å². The van der Waals surface area contributed by atoms with Gasteiger partial charge in [0.25, 0.3) is 0 Å². The van der Waals surface area contributed by atoms with Gasteiger partial charge in [-0.25, -0.2) is 9.78 Å². The number of rotatable bonds is 4. The van der Waals surface area contributed by atoms with Gasteiger partial charge in [-0.05, 0) is 19.9 Å². The van der Waals surface area contributed by atoms with Crippen molar-refractivity contribution in [2.24, 2.45) is 0 Å². The summed E-state index contributed by atoms with van der Waals surface area (Å²) in [5.41, 5.74) is 1.08. The van der Waals surface area contributed by atoms with Crippen molar-refractivity contribution in [1.29, 1.82) is 0 Å². The molecular weight excluding hydrogens is 260 g/mol. The maximum atomic E-state index is 12.0. The van der Waals surface area contributed by atoms with Crippen LogP contribution >= 0.6 is 0 Å². The van der Waals surface area contributed by atoms with Crippen LogP contribution in [0.3, 0.4) is 0 Å². The summed E-state index contributed by atoms with van der Waals surface area (Å²) in [6.07, 6.45) is 5.71. The standard InChI is InChI=1S/C14H18N2O4/c1-4-19-14(18)13-9(2)15-8-16(13)11-5-6-12(7-11)20-10(3)17/h5-6,8,11-12H,4,7H2,1-3H3/t11-,12-/m1/s1. The van der Waals surface area contributed by atoms with Crippen molar-refractivity contribution < 1.29 is 19.1 Å². The van der Waals surface area contributed by atoms with Gasteiger partial charge in [0, 0.05) is 13.3 Å². The zero-order valence-electron chi connectivity index (χ0n) is 11.8. The average Bonchev–Trinajstić information content (AvgIpc) is 2.95. The van der Waals surface area contributed by atoms with Crippen LogP contribution in [0.5, 0.6) is 0 Å². The molecule has 2 rings (SSSR count). The van der Waals surface area contributed by atoms with E-state index >= 15 is 0 Å². The molecule has 1 aliphatic carbocycles. The van der Waals surface area contributed by atoms with E-state index in [0.717, 1.165) is 0 Å². The fourth-order valence-electron chi connectivity index (χ4n) is 2.31. The van der Waals surface area contributed by atoms with E-state index < -0.39 is 0 Å². The Bertz CT molecular complexity index is 547. The number of aromatic nitrogens is 2. The third-order valence-corrected chi connectivity index (χ3v) is 3.14. The molecule has 0 amide bonds. The first kappa shape index (κ1) is 14.3. The lowest BCUT2D eigenvalue weighted by atomic mass is 10.2. The Morgan fingerprint density at radius 2 is 2.20 bits per heavy atom. The number of carbonyl (C=O) groups excluding carboxylic acids is 2. The van der Waals surface area contributed by atoms with Gasteiger partial charge in [-0.15, -0.1) is 0 Å². The van der Waals surface area contributed by atoms with Crippen molar-refractivity contribution in [3.63, 3.8) is 0 Å². The highest BCUT2D eigenvalue weighted by atomic mass is 16.5.